The topological polar surface area (TPSA) is 46.5 Å². The molecule has 0 aromatic heterocycles. The monoisotopic (exact) mass is 306 g/mol. The van der Waals surface area contributed by atoms with E-state index in [0.717, 1.165) is 5.56 Å². The van der Waals surface area contributed by atoms with E-state index in [9.17, 15) is 9.90 Å². The number of rotatable bonds is 3. The molecule has 1 aromatic carbocycles. The first kappa shape index (κ1) is 11.5. The number of aliphatic hydroxyl groups is 1. The molecular formula is C10H11IO3. The first-order valence-corrected chi connectivity index (χ1v) is 5.36. The van der Waals surface area contributed by atoms with Gasteiger partial charge in [-0.05, 0) is 5.56 Å². The molecule has 2 atom stereocenters. The van der Waals surface area contributed by atoms with Gasteiger partial charge in [-0.2, -0.15) is 0 Å². The molecule has 1 aromatic rings. The zero-order chi connectivity index (χ0) is 10.6. The lowest BCUT2D eigenvalue weighted by Gasteiger charge is -2.15. The Balaban J connectivity index is 2.75. The highest BCUT2D eigenvalue weighted by atomic mass is 127. The fourth-order valence-corrected chi connectivity index (χ4v) is 1.73. The predicted octanol–water partition coefficient (Wildman–Crippen LogP) is 1.70. The van der Waals surface area contributed by atoms with Gasteiger partial charge in [-0.1, -0.05) is 52.9 Å². The van der Waals surface area contributed by atoms with Gasteiger partial charge in [0.15, 0.2) is 0 Å². The Morgan fingerprint density at radius 1 is 1.43 bits per heavy atom. The Hall–Kier alpha value is -0.620. The third-order valence-corrected chi connectivity index (χ3v) is 3.03. The summed E-state index contributed by atoms with van der Waals surface area (Å²) in [7, 11) is 1.31. The van der Waals surface area contributed by atoms with Crippen molar-refractivity contribution in [1.29, 1.82) is 0 Å². The van der Waals surface area contributed by atoms with Gasteiger partial charge >= 0.3 is 5.97 Å². The molecule has 4 heteroatoms. The normalized spacial score (nSPS) is 14.5. The Morgan fingerprint density at radius 3 is 2.50 bits per heavy atom. The molecule has 76 valence electrons. The molecule has 1 N–H and O–H groups in total. The lowest BCUT2D eigenvalue weighted by molar-refractivity contribution is -0.141. The van der Waals surface area contributed by atoms with Crippen LogP contribution < -0.4 is 0 Å². The fraction of sp³-hybridized carbons (Fsp3) is 0.300. The highest BCUT2D eigenvalue weighted by Crippen LogP contribution is 2.23. The van der Waals surface area contributed by atoms with Gasteiger partial charge in [0, 0.05) is 0 Å². The molecule has 0 spiro atoms. The summed E-state index contributed by atoms with van der Waals surface area (Å²) in [6, 6.07) is 9.05. The number of aliphatic hydroxyl groups excluding tert-OH is 1. The molecule has 0 bridgehead atoms. The lowest BCUT2D eigenvalue weighted by Crippen LogP contribution is -2.23. The lowest BCUT2D eigenvalue weighted by atomic mass is 10.1. The summed E-state index contributed by atoms with van der Waals surface area (Å²) in [5.41, 5.74) is 0.720. The second kappa shape index (κ2) is 5.31. The van der Waals surface area contributed by atoms with Crippen molar-refractivity contribution in [1.82, 2.24) is 0 Å². The fourth-order valence-electron chi connectivity index (χ4n) is 1.06. The van der Waals surface area contributed by atoms with Crippen LogP contribution in [0.25, 0.3) is 0 Å². The van der Waals surface area contributed by atoms with Gasteiger partial charge in [-0.25, -0.2) is 0 Å². The number of carbonyl (C=O) groups excluding carboxylic acids is 1. The molecule has 3 nitrogen and oxygen atoms in total. The molecule has 0 aliphatic rings. The zero-order valence-electron chi connectivity index (χ0n) is 7.68. The van der Waals surface area contributed by atoms with Crippen molar-refractivity contribution in [2.45, 2.75) is 10.0 Å². The SMILES string of the molecule is COC(=O)C(I)C(O)c1ccccc1. The molecule has 0 aliphatic carbocycles. The van der Waals surface area contributed by atoms with E-state index in [1.807, 2.05) is 40.8 Å². The minimum Gasteiger partial charge on any atom is -0.468 e. The number of esters is 1. The molecule has 0 amide bonds. The second-order valence-corrected chi connectivity index (χ2v) is 4.12. The van der Waals surface area contributed by atoms with E-state index in [-0.39, 0.29) is 0 Å². The van der Waals surface area contributed by atoms with Gasteiger partial charge in [-0.3, -0.25) is 4.79 Å². The molecule has 2 unspecified atom stereocenters. The van der Waals surface area contributed by atoms with Crippen LogP contribution in [0.5, 0.6) is 0 Å². The van der Waals surface area contributed by atoms with Gasteiger partial charge in [0.05, 0.1) is 7.11 Å². The second-order valence-electron chi connectivity index (χ2n) is 2.78. The van der Waals surface area contributed by atoms with Crippen LogP contribution in [-0.4, -0.2) is 22.1 Å². The van der Waals surface area contributed by atoms with Gasteiger partial charge in [0.2, 0.25) is 0 Å². The first-order valence-electron chi connectivity index (χ1n) is 4.11. The molecular weight excluding hydrogens is 295 g/mol. The highest BCUT2D eigenvalue weighted by Gasteiger charge is 2.25. The Labute approximate surface area is 96.2 Å². The van der Waals surface area contributed by atoms with Crippen LogP contribution in [0.3, 0.4) is 0 Å². The maximum Gasteiger partial charge on any atom is 0.321 e. The number of carbonyl (C=O) groups is 1. The van der Waals surface area contributed by atoms with E-state index in [4.69, 9.17) is 0 Å². The van der Waals surface area contributed by atoms with Gasteiger partial charge in [-0.15, -0.1) is 0 Å². The number of hydrogen-bond acceptors (Lipinski definition) is 3. The van der Waals surface area contributed by atoms with Gasteiger partial charge in [0.1, 0.15) is 10.0 Å². The van der Waals surface area contributed by atoms with Crippen molar-refractivity contribution >= 4 is 28.6 Å². The standard InChI is InChI=1S/C10H11IO3/c1-14-10(13)8(11)9(12)7-5-3-2-4-6-7/h2-6,8-9,12H,1H3. The number of hydrogen-bond donors (Lipinski definition) is 1. The summed E-state index contributed by atoms with van der Waals surface area (Å²) in [6.45, 7) is 0. The van der Waals surface area contributed by atoms with Crippen LogP contribution in [0.1, 0.15) is 11.7 Å². The number of benzene rings is 1. The van der Waals surface area contributed by atoms with Crippen LogP contribution in [0.15, 0.2) is 30.3 Å². The number of ether oxygens (including phenoxy) is 1. The summed E-state index contributed by atoms with van der Waals surface area (Å²) < 4.78 is 3.98. The molecule has 0 saturated heterocycles. The molecule has 1 rings (SSSR count). The van der Waals surface area contributed by atoms with E-state index in [0.29, 0.717) is 0 Å². The van der Waals surface area contributed by atoms with Crippen LogP contribution in [-0.2, 0) is 9.53 Å². The maximum atomic E-state index is 11.1. The van der Waals surface area contributed by atoms with Crippen LogP contribution >= 0.6 is 22.6 Å². The van der Waals surface area contributed by atoms with Crippen molar-refractivity contribution in [2.24, 2.45) is 0 Å². The summed E-state index contributed by atoms with van der Waals surface area (Å²) in [6.07, 6.45) is -0.816. The number of methoxy groups -OCH3 is 1. The Morgan fingerprint density at radius 2 is 2.00 bits per heavy atom. The highest BCUT2D eigenvalue weighted by molar-refractivity contribution is 14.1. The van der Waals surface area contributed by atoms with E-state index >= 15 is 0 Å². The van der Waals surface area contributed by atoms with E-state index < -0.39 is 16.0 Å². The van der Waals surface area contributed by atoms with Gasteiger partial charge < -0.3 is 9.84 Å². The average molecular weight is 306 g/mol. The summed E-state index contributed by atoms with van der Waals surface area (Å²) in [4.78, 5) is 11.1. The summed E-state index contributed by atoms with van der Waals surface area (Å²) in [5, 5.41) is 9.78. The van der Waals surface area contributed by atoms with Crippen molar-refractivity contribution in [3.8, 4) is 0 Å². The zero-order valence-corrected chi connectivity index (χ0v) is 9.84. The summed E-state index contributed by atoms with van der Waals surface area (Å²) >= 11 is 1.87. The Bertz CT molecular complexity index is 299. The van der Waals surface area contributed by atoms with Crippen molar-refractivity contribution < 1.29 is 14.6 Å². The van der Waals surface area contributed by atoms with E-state index in [1.54, 1.807) is 12.1 Å². The van der Waals surface area contributed by atoms with E-state index in [2.05, 4.69) is 4.74 Å². The van der Waals surface area contributed by atoms with Crippen molar-refractivity contribution in [3.05, 3.63) is 35.9 Å². The van der Waals surface area contributed by atoms with Crippen LogP contribution in [0.2, 0.25) is 0 Å². The molecule has 14 heavy (non-hydrogen) atoms. The van der Waals surface area contributed by atoms with Crippen molar-refractivity contribution in [2.75, 3.05) is 7.11 Å². The van der Waals surface area contributed by atoms with Crippen molar-refractivity contribution in [3.63, 3.8) is 0 Å². The molecule has 0 aliphatic heterocycles. The minimum atomic E-state index is -0.816. The molecule has 0 saturated carbocycles. The number of halogens is 1. The smallest absolute Gasteiger partial charge is 0.321 e. The van der Waals surface area contributed by atoms with Crippen LogP contribution in [0.4, 0.5) is 0 Å². The summed E-state index contributed by atoms with van der Waals surface area (Å²) in [5.74, 6) is -0.415. The quantitative estimate of drug-likeness (QED) is 0.525. The predicted molar refractivity (Wildman–Crippen MR) is 61.2 cm³/mol. The van der Waals surface area contributed by atoms with Gasteiger partial charge in [0.25, 0.3) is 0 Å². The molecule has 0 fully saturated rings. The Kier molecular flexibility index (Phi) is 4.34. The third-order valence-electron chi connectivity index (χ3n) is 1.84. The minimum absolute atomic E-state index is 0.415. The molecule has 0 radical (unpaired) electrons. The van der Waals surface area contributed by atoms with Crippen LogP contribution in [0, 0.1) is 0 Å². The van der Waals surface area contributed by atoms with E-state index in [1.165, 1.54) is 7.11 Å². The molecule has 0 heterocycles. The third kappa shape index (κ3) is 2.68. The maximum absolute atomic E-state index is 11.1. The first-order chi connectivity index (χ1) is 6.66. The number of alkyl halides is 1. The largest absolute Gasteiger partial charge is 0.468 e. The average Bonchev–Trinajstić information content (AvgIpc) is 2.27.